The predicted octanol–water partition coefficient (Wildman–Crippen LogP) is 1.71. The number of fused-ring (bicyclic) bond motifs is 1. The molecule has 1 aliphatic heterocycles. The highest BCUT2D eigenvalue weighted by Crippen LogP contribution is 2.24. The molecule has 0 aromatic carbocycles. The van der Waals surface area contributed by atoms with Crippen molar-refractivity contribution in [1.82, 2.24) is 0 Å². The third kappa shape index (κ3) is 0.778. The SMILES string of the molecule is O=C1CSCc2occc21. The van der Waals surface area contributed by atoms with Gasteiger partial charge in [0.05, 0.1) is 23.3 Å². The molecule has 1 aliphatic rings. The normalized spacial score (nSPS) is 17.0. The van der Waals surface area contributed by atoms with Gasteiger partial charge in [0.25, 0.3) is 0 Å². The maximum Gasteiger partial charge on any atom is 0.176 e. The van der Waals surface area contributed by atoms with Gasteiger partial charge in [0.15, 0.2) is 5.78 Å². The molecule has 0 unspecified atom stereocenters. The first kappa shape index (κ1) is 6.04. The van der Waals surface area contributed by atoms with Crippen molar-refractivity contribution in [3.63, 3.8) is 0 Å². The summed E-state index contributed by atoms with van der Waals surface area (Å²) in [5.74, 6) is 2.47. The van der Waals surface area contributed by atoms with Crippen molar-refractivity contribution >= 4 is 17.5 Å². The highest BCUT2D eigenvalue weighted by molar-refractivity contribution is 7.99. The van der Waals surface area contributed by atoms with E-state index in [0.717, 1.165) is 17.1 Å². The Kier molecular flexibility index (Phi) is 1.31. The summed E-state index contributed by atoms with van der Waals surface area (Å²) in [5, 5.41) is 0. The lowest BCUT2D eigenvalue weighted by molar-refractivity contribution is 0.101. The third-order valence-electron chi connectivity index (χ3n) is 1.51. The average molecular weight is 154 g/mol. The molecule has 0 bridgehead atoms. The van der Waals surface area contributed by atoms with E-state index < -0.39 is 0 Å². The molecule has 0 aliphatic carbocycles. The van der Waals surface area contributed by atoms with E-state index in [-0.39, 0.29) is 5.78 Å². The van der Waals surface area contributed by atoms with E-state index >= 15 is 0 Å². The van der Waals surface area contributed by atoms with Crippen LogP contribution in [0.25, 0.3) is 0 Å². The van der Waals surface area contributed by atoms with E-state index in [0.29, 0.717) is 5.75 Å². The van der Waals surface area contributed by atoms with Crippen LogP contribution in [-0.2, 0) is 5.75 Å². The molecule has 0 spiro atoms. The predicted molar refractivity (Wildman–Crippen MR) is 39.2 cm³/mol. The van der Waals surface area contributed by atoms with Gasteiger partial charge in [0.2, 0.25) is 0 Å². The Morgan fingerprint density at radius 2 is 2.40 bits per heavy atom. The van der Waals surface area contributed by atoms with Crippen molar-refractivity contribution in [2.45, 2.75) is 5.75 Å². The average Bonchev–Trinajstić information content (AvgIpc) is 2.36. The van der Waals surface area contributed by atoms with E-state index in [2.05, 4.69) is 0 Å². The standard InChI is InChI=1S/C7H6O2S/c8-6-3-10-4-7-5(6)1-2-9-7/h1-2H,3-4H2. The monoisotopic (exact) mass is 154 g/mol. The van der Waals surface area contributed by atoms with E-state index in [1.54, 1.807) is 24.1 Å². The lowest BCUT2D eigenvalue weighted by Crippen LogP contribution is -2.08. The van der Waals surface area contributed by atoms with Gasteiger partial charge in [-0.3, -0.25) is 4.79 Å². The lowest BCUT2D eigenvalue weighted by Gasteiger charge is -2.06. The van der Waals surface area contributed by atoms with Gasteiger partial charge < -0.3 is 4.42 Å². The zero-order valence-corrected chi connectivity index (χ0v) is 6.11. The van der Waals surface area contributed by atoms with Crippen molar-refractivity contribution in [3.05, 3.63) is 23.7 Å². The third-order valence-corrected chi connectivity index (χ3v) is 2.44. The second-order valence-corrected chi connectivity index (χ2v) is 3.16. The van der Waals surface area contributed by atoms with E-state index in [1.807, 2.05) is 0 Å². The molecule has 0 radical (unpaired) electrons. The number of Topliss-reactive ketones (excluding diaryl/α,β-unsaturated/α-hetero) is 1. The minimum Gasteiger partial charge on any atom is -0.468 e. The molecule has 1 aromatic heterocycles. The van der Waals surface area contributed by atoms with Crippen LogP contribution in [0.2, 0.25) is 0 Å². The topological polar surface area (TPSA) is 30.2 Å². The molecule has 0 saturated carbocycles. The van der Waals surface area contributed by atoms with Gasteiger partial charge in [-0.15, -0.1) is 11.8 Å². The van der Waals surface area contributed by atoms with Crippen molar-refractivity contribution in [2.75, 3.05) is 5.75 Å². The van der Waals surface area contributed by atoms with Crippen molar-refractivity contribution in [3.8, 4) is 0 Å². The zero-order valence-electron chi connectivity index (χ0n) is 5.29. The first-order valence-electron chi connectivity index (χ1n) is 3.05. The Labute approximate surface area is 62.6 Å². The molecule has 0 atom stereocenters. The fraction of sp³-hybridized carbons (Fsp3) is 0.286. The molecule has 3 heteroatoms. The van der Waals surface area contributed by atoms with Crippen LogP contribution < -0.4 is 0 Å². The largest absolute Gasteiger partial charge is 0.468 e. The van der Waals surface area contributed by atoms with Crippen LogP contribution in [0.15, 0.2) is 16.7 Å². The van der Waals surface area contributed by atoms with Gasteiger partial charge in [-0.2, -0.15) is 0 Å². The highest BCUT2D eigenvalue weighted by Gasteiger charge is 2.19. The van der Waals surface area contributed by atoms with E-state index in [9.17, 15) is 4.79 Å². The maximum atomic E-state index is 11.1. The summed E-state index contributed by atoms with van der Waals surface area (Å²) in [4.78, 5) is 11.1. The fourth-order valence-electron chi connectivity index (χ4n) is 1.02. The molecule has 0 N–H and O–H groups in total. The molecule has 0 fully saturated rings. The summed E-state index contributed by atoms with van der Waals surface area (Å²) < 4.78 is 5.08. The van der Waals surface area contributed by atoms with Gasteiger partial charge in [-0.25, -0.2) is 0 Å². The van der Waals surface area contributed by atoms with Crippen LogP contribution in [0, 0.1) is 0 Å². The summed E-state index contributed by atoms with van der Waals surface area (Å²) in [5.41, 5.74) is 0.777. The van der Waals surface area contributed by atoms with Crippen molar-refractivity contribution in [1.29, 1.82) is 0 Å². The Morgan fingerprint density at radius 1 is 1.50 bits per heavy atom. The fourth-order valence-corrected chi connectivity index (χ4v) is 1.87. The number of ketones is 1. The number of rotatable bonds is 0. The number of furan rings is 1. The first-order valence-corrected chi connectivity index (χ1v) is 4.21. The molecular weight excluding hydrogens is 148 g/mol. The quantitative estimate of drug-likeness (QED) is 0.569. The molecule has 2 heterocycles. The molecule has 0 saturated heterocycles. The van der Waals surface area contributed by atoms with Crippen molar-refractivity contribution < 1.29 is 9.21 Å². The van der Waals surface area contributed by atoms with E-state index in [4.69, 9.17) is 4.42 Å². The zero-order chi connectivity index (χ0) is 6.97. The van der Waals surface area contributed by atoms with E-state index in [1.165, 1.54) is 0 Å². The summed E-state index contributed by atoms with van der Waals surface area (Å²) in [6, 6.07) is 1.75. The van der Waals surface area contributed by atoms with Crippen LogP contribution in [-0.4, -0.2) is 11.5 Å². The molecule has 10 heavy (non-hydrogen) atoms. The number of thioether (sulfide) groups is 1. The lowest BCUT2D eigenvalue weighted by atomic mass is 10.2. The van der Waals surface area contributed by atoms with Crippen LogP contribution in [0.1, 0.15) is 16.1 Å². The Bertz CT molecular complexity index is 264. The smallest absolute Gasteiger partial charge is 0.176 e. The van der Waals surface area contributed by atoms with Gasteiger partial charge in [0.1, 0.15) is 5.76 Å². The Balaban J connectivity index is 2.50. The molecular formula is C7H6O2S. The number of hydrogen-bond acceptors (Lipinski definition) is 3. The summed E-state index contributed by atoms with van der Waals surface area (Å²) in [6.07, 6.45) is 1.58. The molecule has 0 amide bonds. The Morgan fingerprint density at radius 3 is 3.20 bits per heavy atom. The van der Waals surface area contributed by atoms with Gasteiger partial charge in [-0.1, -0.05) is 0 Å². The first-order chi connectivity index (χ1) is 4.88. The number of carbonyl (C=O) groups is 1. The summed E-state index contributed by atoms with van der Waals surface area (Å²) in [7, 11) is 0. The van der Waals surface area contributed by atoms with Crippen LogP contribution in [0.5, 0.6) is 0 Å². The van der Waals surface area contributed by atoms with Crippen LogP contribution in [0.3, 0.4) is 0 Å². The summed E-state index contributed by atoms with van der Waals surface area (Å²) >= 11 is 1.61. The highest BCUT2D eigenvalue weighted by atomic mass is 32.2. The minimum atomic E-state index is 0.194. The Hall–Kier alpha value is -0.700. The van der Waals surface area contributed by atoms with Crippen LogP contribution in [0.4, 0.5) is 0 Å². The molecule has 1 aromatic rings. The number of hydrogen-bond donors (Lipinski definition) is 0. The van der Waals surface area contributed by atoms with Gasteiger partial charge in [0, 0.05) is 0 Å². The maximum absolute atomic E-state index is 11.1. The molecule has 52 valence electrons. The second-order valence-electron chi connectivity index (χ2n) is 2.17. The minimum absolute atomic E-state index is 0.194. The second kappa shape index (κ2) is 2.16. The van der Waals surface area contributed by atoms with Crippen LogP contribution >= 0.6 is 11.8 Å². The van der Waals surface area contributed by atoms with Gasteiger partial charge in [-0.05, 0) is 6.07 Å². The molecule has 2 nitrogen and oxygen atoms in total. The summed E-state index contributed by atoms with van der Waals surface area (Å²) in [6.45, 7) is 0. The molecule has 2 rings (SSSR count). The van der Waals surface area contributed by atoms with Crippen molar-refractivity contribution in [2.24, 2.45) is 0 Å². The van der Waals surface area contributed by atoms with Gasteiger partial charge >= 0.3 is 0 Å². The number of carbonyl (C=O) groups excluding carboxylic acids is 1.